The quantitative estimate of drug-likeness (QED) is 0.326. The van der Waals surface area contributed by atoms with Crippen LogP contribution in [-0.4, -0.2) is 11.0 Å². The van der Waals surface area contributed by atoms with Gasteiger partial charge in [0.1, 0.15) is 18.0 Å². The van der Waals surface area contributed by atoms with Gasteiger partial charge in [0.05, 0.1) is 12.6 Å². The normalized spacial score (nSPS) is 11.1. The van der Waals surface area contributed by atoms with E-state index in [1.54, 1.807) is 18.2 Å². The van der Waals surface area contributed by atoms with E-state index < -0.39 is 11.6 Å². The van der Waals surface area contributed by atoms with Gasteiger partial charge in [-0.1, -0.05) is 0 Å². The van der Waals surface area contributed by atoms with Crippen LogP contribution in [0.4, 0.5) is 4.39 Å². The average Bonchev–Trinajstić information content (AvgIpc) is 3.21. The van der Waals surface area contributed by atoms with E-state index in [4.69, 9.17) is 13.6 Å². The zero-order chi connectivity index (χ0) is 22.0. The Hall–Kier alpha value is -3.74. The predicted octanol–water partition coefficient (Wildman–Crippen LogP) is 4.88. The number of fused-ring (bicyclic) bond motifs is 1. The largest absolute Gasteiger partial charge is 0.461 e. The highest BCUT2D eigenvalue weighted by atomic mass is 19.1. The molecule has 0 radical (unpaired) electrons. The Labute approximate surface area is 177 Å². The van der Waals surface area contributed by atoms with Crippen LogP contribution in [0.1, 0.15) is 29.0 Å². The number of carbonyl (C=O) groups is 1. The van der Waals surface area contributed by atoms with Crippen molar-refractivity contribution in [3.05, 3.63) is 87.5 Å². The molecule has 2 aromatic carbocycles. The summed E-state index contributed by atoms with van der Waals surface area (Å²) in [6.45, 7) is 3.87. The van der Waals surface area contributed by atoms with Gasteiger partial charge in [-0.25, -0.2) is 14.2 Å². The highest BCUT2D eigenvalue weighted by molar-refractivity contribution is 5.82. The van der Waals surface area contributed by atoms with Gasteiger partial charge in [-0.05, 0) is 61.4 Å². The number of aromatic nitrogens is 1. The zero-order valence-corrected chi connectivity index (χ0v) is 17.1. The Morgan fingerprint density at radius 1 is 1.06 bits per heavy atom. The number of ether oxygens (including phenoxy) is 1. The van der Waals surface area contributed by atoms with E-state index in [9.17, 15) is 14.0 Å². The maximum Gasteiger partial charge on any atom is 0.336 e. The van der Waals surface area contributed by atoms with Crippen molar-refractivity contribution in [3.8, 4) is 11.3 Å². The number of esters is 1. The van der Waals surface area contributed by atoms with E-state index in [0.29, 0.717) is 28.4 Å². The molecule has 158 valence electrons. The van der Waals surface area contributed by atoms with Gasteiger partial charge in [0.25, 0.3) is 0 Å². The summed E-state index contributed by atoms with van der Waals surface area (Å²) < 4.78 is 29.3. The number of hydrogen-bond acceptors (Lipinski definition) is 6. The first-order chi connectivity index (χ1) is 14.9. The van der Waals surface area contributed by atoms with Crippen molar-refractivity contribution in [2.75, 3.05) is 0 Å². The molecule has 0 N–H and O–H groups in total. The number of rotatable bonds is 6. The van der Waals surface area contributed by atoms with Crippen molar-refractivity contribution >= 4 is 16.9 Å². The predicted molar refractivity (Wildman–Crippen MR) is 112 cm³/mol. The highest BCUT2D eigenvalue weighted by Gasteiger charge is 2.13. The maximum absolute atomic E-state index is 13.0. The molecule has 0 aliphatic heterocycles. The minimum absolute atomic E-state index is 0.0319. The average molecular weight is 421 g/mol. The number of oxazole rings is 1. The number of carbonyl (C=O) groups excluding carboxylic acids is 1. The van der Waals surface area contributed by atoms with E-state index in [2.05, 4.69) is 4.98 Å². The minimum Gasteiger partial charge on any atom is -0.461 e. The summed E-state index contributed by atoms with van der Waals surface area (Å²) in [5.74, 6) is 0.108. The number of aryl methyl sites for hydroxylation is 3. The van der Waals surface area contributed by atoms with Crippen LogP contribution in [0.25, 0.3) is 22.3 Å². The van der Waals surface area contributed by atoms with Crippen molar-refractivity contribution in [2.45, 2.75) is 33.3 Å². The van der Waals surface area contributed by atoms with Crippen LogP contribution in [0.3, 0.4) is 0 Å². The Morgan fingerprint density at radius 3 is 2.58 bits per heavy atom. The van der Waals surface area contributed by atoms with Crippen LogP contribution in [0, 0.1) is 19.7 Å². The second kappa shape index (κ2) is 8.55. The summed E-state index contributed by atoms with van der Waals surface area (Å²) in [5, 5.41) is 0.743. The summed E-state index contributed by atoms with van der Waals surface area (Å²) in [6, 6.07) is 10.9. The van der Waals surface area contributed by atoms with Crippen LogP contribution in [-0.2, 0) is 22.6 Å². The fourth-order valence-electron chi connectivity index (χ4n) is 3.22. The van der Waals surface area contributed by atoms with Crippen molar-refractivity contribution in [1.82, 2.24) is 4.98 Å². The van der Waals surface area contributed by atoms with E-state index in [0.717, 1.165) is 16.5 Å². The lowest BCUT2D eigenvalue weighted by atomic mass is 10.0. The number of halogens is 1. The summed E-state index contributed by atoms with van der Waals surface area (Å²) in [6.07, 6.45) is 1.87. The van der Waals surface area contributed by atoms with Crippen molar-refractivity contribution in [3.63, 3.8) is 0 Å². The number of hydrogen-bond donors (Lipinski definition) is 0. The van der Waals surface area contributed by atoms with Gasteiger partial charge in [-0.2, -0.15) is 0 Å². The summed E-state index contributed by atoms with van der Waals surface area (Å²) >= 11 is 0. The van der Waals surface area contributed by atoms with Gasteiger partial charge in [-0.3, -0.25) is 4.79 Å². The van der Waals surface area contributed by atoms with Crippen LogP contribution in [0.5, 0.6) is 0 Å². The van der Waals surface area contributed by atoms with E-state index in [-0.39, 0.29) is 25.3 Å². The molecule has 0 atom stereocenters. The molecule has 7 heteroatoms. The lowest BCUT2D eigenvalue weighted by molar-refractivity contribution is -0.144. The molecule has 0 unspecified atom stereocenters. The van der Waals surface area contributed by atoms with E-state index >= 15 is 0 Å². The number of benzene rings is 2. The minimum atomic E-state index is -0.491. The van der Waals surface area contributed by atoms with Crippen LogP contribution in [0.15, 0.2) is 62.3 Å². The second-order valence-corrected chi connectivity index (χ2v) is 7.31. The molecular weight excluding hydrogens is 401 g/mol. The van der Waals surface area contributed by atoms with Gasteiger partial charge in [-0.15, -0.1) is 0 Å². The molecule has 31 heavy (non-hydrogen) atoms. The lowest BCUT2D eigenvalue weighted by Gasteiger charge is -2.09. The Morgan fingerprint density at radius 2 is 1.81 bits per heavy atom. The van der Waals surface area contributed by atoms with Crippen LogP contribution >= 0.6 is 0 Å². The molecule has 0 bridgehead atoms. The van der Waals surface area contributed by atoms with E-state index in [1.807, 2.05) is 19.9 Å². The molecule has 0 spiro atoms. The molecule has 0 aliphatic rings. The fraction of sp³-hybridized carbons (Fsp3) is 0.208. The topological polar surface area (TPSA) is 82.5 Å². The summed E-state index contributed by atoms with van der Waals surface area (Å²) in [4.78, 5) is 28.2. The van der Waals surface area contributed by atoms with E-state index in [1.165, 1.54) is 24.4 Å². The Bertz CT molecular complexity index is 1300. The third-order valence-electron chi connectivity index (χ3n) is 5.06. The third kappa shape index (κ3) is 4.71. The number of nitrogens with zero attached hydrogens (tertiary/aromatic N) is 1. The van der Waals surface area contributed by atoms with Crippen LogP contribution < -0.4 is 5.63 Å². The Balaban J connectivity index is 1.39. The molecule has 4 rings (SSSR count). The first-order valence-electron chi connectivity index (χ1n) is 9.79. The standard InChI is InChI=1S/C24H20FNO5/c1-14-9-19-17(11-24(28)31-20(19)10-15(14)2)13-29-23(27)8-7-22-26-12-21(30-22)16-3-5-18(25)6-4-16/h3-6,9-12H,7-8,13H2,1-2H3. The maximum atomic E-state index is 13.0. The van der Waals surface area contributed by atoms with Crippen molar-refractivity contribution in [1.29, 1.82) is 0 Å². The first-order valence-corrected chi connectivity index (χ1v) is 9.79. The monoisotopic (exact) mass is 421 g/mol. The van der Waals surface area contributed by atoms with Gasteiger partial charge in [0.2, 0.25) is 0 Å². The fourth-order valence-corrected chi connectivity index (χ4v) is 3.22. The van der Waals surface area contributed by atoms with Gasteiger partial charge >= 0.3 is 11.6 Å². The molecular formula is C24H20FNO5. The SMILES string of the molecule is Cc1cc2oc(=O)cc(COC(=O)CCc3ncc(-c4ccc(F)cc4)o3)c2cc1C. The second-order valence-electron chi connectivity index (χ2n) is 7.31. The zero-order valence-electron chi connectivity index (χ0n) is 17.1. The molecule has 6 nitrogen and oxygen atoms in total. The summed E-state index contributed by atoms with van der Waals surface area (Å²) in [5.41, 5.74) is 3.33. The Kier molecular flexibility index (Phi) is 5.66. The molecule has 4 aromatic rings. The van der Waals surface area contributed by atoms with Gasteiger partial charge in [0, 0.05) is 29.0 Å². The highest BCUT2D eigenvalue weighted by Crippen LogP contribution is 2.23. The molecule has 0 saturated heterocycles. The van der Waals surface area contributed by atoms with Crippen molar-refractivity contribution in [2.24, 2.45) is 0 Å². The van der Waals surface area contributed by atoms with Crippen LogP contribution in [0.2, 0.25) is 0 Å². The first kappa shape index (κ1) is 20.5. The smallest absolute Gasteiger partial charge is 0.336 e. The summed E-state index contributed by atoms with van der Waals surface area (Å²) in [7, 11) is 0. The molecule has 0 fully saturated rings. The van der Waals surface area contributed by atoms with Gasteiger partial charge < -0.3 is 13.6 Å². The molecule has 2 heterocycles. The molecule has 0 amide bonds. The molecule has 0 aliphatic carbocycles. The lowest BCUT2D eigenvalue weighted by Crippen LogP contribution is -2.08. The third-order valence-corrected chi connectivity index (χ3v) is 5.06. The molecule has 2 aromatic heterocycles. The van der Waals surface area contributed by atoms with Gasteiger partial charge in [0.15, 0.2) is 11.7 Å². The molecule has 0 saturated carbocycles. The van der Waals surface area contributed by atoms with Crippen molar-refractivity contribution < 1.29 is 22.8 Å².